The van der Waals surface area contributed by atoms with Crippen LogP contribution >= 0.6 is 0 Å². The summed E-state index contributed by atoms with van der Waals surface area (Å²) in [6.45, 7) is 4.63. The average molecular weight is 205 g/mol. The normalized spacial score (nSPS) is 12.5. The smallest absolute Gasteiger partial charge is 0.163 e. The first kappa shape index (κ1) is 11.9. The number of Topliss-reactive ketones (excluding diaryl/α,β-unsaturated/α-hetero) is 1. The first-order valence-electron chi connectivity index (χ1n) is 5.48. The summed E-state index contributed by atoms with van der Waals surface area (Å²) in [4.78, 5) is 11.9. The first-order valence-corrected chi connectivity index (χ1v) is 5.48. The third-order valence-electron chi connectivity index (χ3n) is 2.83. The number of nitrogens with two attached hydrogens (primary N) is 1. The predicted octanol–water partition coefficient (Wildman–Crippen LogP) is 2.55. The Morgan fingerprint density at radius 2 is 2.07 bits per heavy atom. The van der Waals surface area contributed by atoms with E-state index in [2.05, 4.69) is 6.92 Å². The summed E-state index contributed by atoms with van der Waals surface area (Å²) in [5.41, 5.74) is 7.48. The molecule has 82 valence electrons. The van der Waals surface area contributed by atoms with Gasteiger partial charge >= 0.3 is 0 Å². The Bertz CT molecular complexity index is 329. The first-order chi connectivity index (χ1) is 7.19. The minimum atomic E-state index is 0.213. The van der Waals surface area contributed by atoms with Gasteiger partial charge in [0.15, 0.2) is 5.78 Å². The maximum Gasteiger partial charge on any atom is 0.163 e. The Morgan fingerprint density at radius 3 is 2.60 bits per heavy atom. The van der Waals surface area contributed by atoms with Crippen molar-refractivity contribution in [3.05, 3.63) is 35.4 Å². The predicted molar refractivity (Wildman–Crippen MR) is 63.0 cm³/mol. The highest BCUT2D eigenvalue weighted by molar-refractivity contribution is 5.97. The molecule has 15 heavy (non-hydrogen) atoms. The lowest BCUT2D eigenvalue weighted by Gasteiger charge is -2.11. The summed E-state index contributed by atoms with van der Waals surface area (Å²) in [5.74, 6) is 0.530. The molecule has 2 heteroatoms. The van der Waals surface area contributed by atoms with E-state index in [1.165, 1.54) is 0 Å². The fourth-order valence-corrected chi connectivity index (χ4v) is 1.65. The van der Waals surface area contributed by atoms with Crippen molar-refractivity contribution in [2.24, 2.45) is 11.7 Å². The lowest BCUT2D eigenvalue weighted by molar-refractivity contribution is 0.0961. The van der Waals surface area contributed by atoms with Gasteiger partial charge in [0.2, 0.25) is 0 Å². The van der Waals surface area contributed by atoms with Gasteiger partial charge in [-0.15, -0.1) is 0 Å². The zero-order valence-corrected chi connectivity index (χ0v) is 9.49. The zero-order valence-electron chi connectivity index (χ0n) is 9.49. The van der Waals surface area contributed by atoms with Crippen LogP contribution in [0.4, 0.5) is 0 Å². The van der Waals surface area contributed by atoms with Crippen molar-refractivity contribution in [2.45, 2.75) is 26.7 Å². The molecule has 0 bridgehead atoms. The van der Waals surface area contributed by atoms with Crippen LogP contribution in [0.1, 0.15) is 35.7 Å². The van der Waals surface area contributed by atoms with Crippen molar-refractivity contribution in [3.63, 3.8) is 0 Å². The van der Waals surface area contributed by atoms with Gasteiger partial charge in [-0.2, -0.15) is 0 Å². The van der Waals surface area contributed by atoms with Crippen LogP contribution in [-0.4, -0.2) is 12.3 Å². The Labute approximate surface area is 91.5 Å². The fraction of sp³-hybridized carbons (Fsp3) is 0.462. The van der Waals surface area contributed by atoms with Gasteiger partial charge in [-0.3, -0.25) is 4.79 Å². The van der Waals surface area contributed by atoms with Gasteiger partial charge in [0.05, 0.1) is 0 Å². The molecule has 0 saturated heterocycles. The van der Waals surface area contributed by atoms with E-state index >= 15 is 0 Å². The maximum atomic E-state index is 11.9. The number of aryl methyl sites for hydroxylation is 1. The van der Waals surface area contributed by atoms with Gasteiger partial charge in [0.1, 0.15) is 0 Å². The molecule has 1 aromatic rings. The Kier molecular flexibility index (Phi) is 4.50. The number of carbonyl (C=O) groups is 1. The van der Waals surface area contributed by atoms with Crippen molar-refractivity contribution in [2.75, 3.05) is 6.54 Å². The average Bonchev–Trinajstić information content (AvgIpc) is 2.26. The largest absolute Gasteiger partial charge is 0.330 e. The van der Waals surface area contributed by atoms with Gasteiger partial charge in [-0.05, 0) is 24.9 Å². The quantitative estimate of drug-likeness (QED) is 0.751. The highest BCUT2D eigenvalue weighted by Crippen LogP contribution is 2.15. The second-order valence-corrected chi connectivity index (χ2v) is 3.95. The van der Waals surface area contributed by atoms with Crippen LogP contribution in [0.25, 0.3) is 0 Å². The highest BCUT2D eigenvalue weighted by atomic mass is 16.1. The van der Waals surface area contributed by atoms with E-state index in [1.54, 1.807) is 0 Å². The molecular formula is C13H19NO. The molecule has 0 heterocycles. The van der Waals surface area contributed by atoms with Crippen LogP contribution < -0.4 is 5.73 Å². The molecule has 0 amide bonds. The molecule has 0 aliphatic heterocycles. The summed E-state index contributed by atoms with van der Waals surface area (Å²) < 4.78 is 0. The molecule has 0 aliphatic rings. The minimum absolute atomic E-state index is 0.213. The van der Waals surface area contributed by atoms with Crippen molar-refractivity contribution < 1.29 is 4.79 Å². The molecule has 0 aliphatic carbocycles. The lowest BCUT2D eigenvalue weighted by Crippen LogP contribution is -2.18. The van der Waals surface area contributed by atoms with Crippen molar-refractivity contribution >= 4 is 5.78 Å². The summed E-state index contributed by atoms with van der Waals surface area (Å²) in [7, 11) is 0. The Hall–Kier alpha value is -1.15. The van der Waals surface area contributed by atoms with Crippen LogP contribution in [0, 0.1) is 12.8 Å². The van der Waals surface area contributed by atoms with E-state index in [4.69, 9.17) is 5.73 Å². The number of rotatable bonds is 5. The monoisotopic (exact) mass is 205 g/mol. The molecular weight excluding hydrogens is 186 g/mol. The van der Waals surface area contributed by atoms with Crippen molar-refractivity contribution in [1.29, 1.82) is 0 Å². The summed E-state index contributed by atoms with van der Waals surface area (Å²) in [5, 5.41) is 0. The van der Waals surface area contributed by atoms with Crippen LogP contribution in [0.5, 0.6) is 0 Å². The van der Waals surface area contributed by atoms with Crippen LogP contribution in [0.3, 0.4) is 0 Å². The molecule has 1 rings (SSSR count). The second kappa shape index (κ2) is 5.66. The molecule has 2 nitrogen and oxygen atoms in total. The molecule has 0 aromatic heterocycles. The maximum absolute atomic E-state index is 11.9. The number of ketones is 1. The number of hydrogen-bond acceptors (Lipinski definition) is 2. The van der Waals surface area contributed by atoms with Crippen molar-refractivity contribution in [1.82, 2.24) is 0 Å². The van der Waals surface area contributed by atoms with Gasteiger partial charge in [-0.25, -0.2) is 0 Å². The SMILES string of the molecule is CCC(CN)CC(=O)c1ccccc1C. The highest BCUT2D eigenvalue weighted by Gasteiger charge is 2.13. The van der Waals surface area contributed by atoms with E-state index in [1.807, 2.05) is 31.2 Å². The molecule has 0 saturated carbocycles. The molecule has 0 fully saturated rings. The van der Waals surface area contributed by atoms with Gasteiger partial charge in [-0.1, -0.05) is 37.6 Å². The summed E-state index contributed by atoms with van der Waals surface area (Å²) >= 11 is 0. The third-order valence-corrected chi connectivity index (χ3v) is 2.83. The van der Waals surface area contributed by atoms with E-state index in [9.17, 15) is 4.79 Å². The molecule has 1 aromatic carbocycles. The van der Waals surface area contributed by atoms with Gasteiger partial charge < -0.3 is 5.73 Å². The molecule has 0 spiro atoms. The van der Waals surface area contributed by atoms with E-state index in [0.717, 1.165) is 17.5 Å². The van der Waals surface area contributed by atoms with Gasteiger partial charge in [0, 0.05) is 12.0 Å². The van der Waals surface area contributed by atoms with E-state index in [0.29, 0.717) is 18.9 Å². The van der Waals surface area contributed by atoms with Crippen molar-refractivity contribution in [3.8, 4) is 0 Å². The summed E-state index contributed by atoms with van der Waals surface area (Å²) in [6, 6.07) is 7.72. The number of carbonyl (C=O) groups excluding carboxylic acids is 1. The van der Waals surface area contributed by atoms with Crippen LogP contribution in [-0.2, 0) is 0 Å². The number of hydrogen-bond donors (Lipinski definition) is 1. The molecule has 0 radical (unpaired) electrons. The van der Waals surface area contributed by atoms with E-state index < -0.39 is 0 Å². The minimum Gasteiger partial charge on any atom is -0.330 e. The molecule has 1 unspecified atom stereocenters. The topological polar surface area (TPSA) is 43.1 Å². The van der Waals surface area contributed by atoms with Gasteiger partial charge in [0.25, 0.3) is 0 Å². The van der Waals surface area contributed by atoms with Crippen LogP contribution in [0.15, 0.2) is 24.3 Å². The zero-order chi connectivity index (χ0) is 11.3. The lowest BCUT2D eigenvalue weighted by atomic mass is 9.94. The van der Waals surface area contributed by atoms with Crippen LogP contribution in [0.2, 0.25) is 0 Å². The fourth-order valence-electron chi connectivity index (χ4n) is 1.65. The third kappa shape index (κ3) is 3.17. The standard InChI is InChI=1S/C13H19NO/c1-3-11(9-14)8-13(15)12-7-5-4-6-10(12)2/h4-7,11H,3,8-9,14H2,1-2H3. The summed E-state index contributed by atoms with van der Waals surface area (Å²) in [6.07, 6.45) is 1.53. The molecule has 2 N–H and O–H groups in total. The second-order valence-electron chi connectivity index (χ2n) is 3.95. The Balaban J connectivity index is 2.73. The molecule has 1 atom stereocenters. The Morgan fingerprint density at radius 1 is 1.40 bits per heavy atom. The number of benzene rings is 1. The van der Waals surface area contributed by atoms with E-state index in [-0.39, 0.29) is 5.78 Å².